The van der Waals surface area contributed by atoms with E-state index in [1.807, 2.05) is 0 Å². The summed E-state index contributed by atoms with van der Waals surface area (Å²) in [5.41, 5.74) is 0. The van der Waals surface area contributed by atoms with Crippen LogP contribution in [0.1, 0.15) is 19.8 Å². The van der Waals surface area contributed by atoms with Crippen molar-refractivity contribution in [1.29, 1.82) is 0 Å². The molecule has 0 saturated carbocycles. The molecule has 1 aliphatic heterocycles. The lowest BCUT2D eigenvalue weighted by Crippen LogP contribution is -2.45. The number of ether oxygens (including phenoxy) is 1. The molecule has 1 fully saturated rings. The summed E-state index contributed by atoms with van der Waals surface area (Å²) in [5.74, 6) is 0. The molecule has 0 amide bonds. The molecule has 0 unspecified atom stereocenters. The molecular formula is C14H31N3O. The standard InChI is InChI=1S/C14H31N3O/c1-4-18-14-6-8-15(2)7-5-9-17-12-10-16(3)11-13-17/h4-14H2,1-3H3. The zero-order chi connectivity index (χ0) is 13.2. The van der Waals surface area contributed by atoms with E-state index in [9.17, 15) is 0 Å². The first-order chi connectivity index (χ1) is 8.72. The van der Waals surface area contributed by atoms with Crippen LogP contribution in [0.3, 0.4) is 0 Å². The summed E-state index contributed by atoms with van der Waals surface area (Å²) < 4.78 is 5.35. The van der Waals surface area contributed by atoms with Crippen molar-refractivity contribution >= 4 is 0 Å². The smallest absolute Gasteiger partial charge is 0.0478 e. The van der Waals surface area contributed by atoms with Gasteiger partial charge < -0.3 is 19.4 Å². The molecule has 0 radical (unpaired) electrons. The molecule has 4 heteroatoms. The molecule has 0 aromatic carbocycles. The van der Waals surface area contributed by atoms with Crippen molar-refractivity contribution in [2.75, 3.05) is 73.1 Å². The van der Waals surface area contributed by atoms with Crippen molar-refractivity contribution in [3.63, 3.8) is 0 Å². The van der Waals surface area contributed by atoms with Crippen LogP contribution in [-0.4, -0.2) is 87.8 Å². The SMILES string of the molecule is CCOCCCN(C)CCCN1CCN(C)CC1. The number of piperazine rings is 1. The van der Waals surface area contributed by atoms with Gasteiger partial charge in [0.25, 0.3) is 0 Å². The van der Waals surface area contributed by atoms with Gasteiger partial charge in [-0.3, -0.25) is 0 Å². The molecule has 1 heterocycles. The molecule has 1 rings (SSSR count). The molecule has 0 atom stereocenters. The monoisotopic (exact) mass is 257 g/mol. The molecule has 108 valence electrons. The average molecular weight is 257 g/mol. The highest BCUT2D eigenvalue weighted by molar-refractivity contribution is 4.69. The van der Waals surface area contributed by atoms with E-state index in [1.54, 1.807) is 0 Å². The summed E-state index contributed by atoms with van der Waals surface area (Å²) in [6, 6.07) is 0. The van der Waals surface area contributed by atoms with Crippen LogP contribution in [0, 0.1) is 0 Å². The highest BCUT2D eigenvalue weighted by Crippen LogP contribution is 2.01. The van der Waals surface area contributed by atoms with E-state index < -0.39 is 0 Å². The second kappa shape index (κ2) is 9.73. The minimum absolute atomic E-state index is 0.840. The fourth-order valence-corrected chi connectivity index (χ4v) is 2.33. The Hall–Kier alpha value is -0.160. The number of hydrogen-bond donors (Lipinski definition) is 0. The highest BCUT2D eigenvalue weighted by atomic mass is 16.5. The average Bonchev–Trinajstić information content (AvgIpc) is 2.37. The number of nitrogens with zero attached hydrogens (tertiary/aromatic N) is 3. The van der Waals surface area contributed by atoms with Crippen LogP contribution in [0.2, 0.25) is 0 Å². The van der Waals surface area contributed by atoms with Gasteiger partial charge in [-0.1, -0.05) is 0 Å². The summed E-state index contributed by atoms with van der Waals surface area (Å²) >= 11 is 0. The van der Waals surface area contributed by atoms with Gasteiger partial charge in [-0.2, -0.15) is 0 Å². The van der Waals surface area contributed by atoms with E-state index in [0.717, 1.165) is 26.2 Å². The molecule has 0 N–H and O–H groups in total. The first kappa shape index (κ1) is 15.9. The molecule has 0 spiro atoms. The van der Waals surface area contributed by atoms with E-state index in [-0.39, 0.29) is 0 Å². The summed E-state index contributed by atoms with van der Waals surface area (Å²) in [5, 5.41) is 0. The van der Waals surface area contributed by atoms with Gasteiger partial charge in [-0.25, -0.2) is 0 Å². The molecule has 0 aromatic heterocycles. The third-order valence-electron chi connectivity index (χ3n) is 3.64. The maximum absolute atomic E-state index is 5.35. The van der Waals surface area contributed by atoms with Crippen LogP contribution < -0.4 is 0 Å². The molecular weight excluding hydrogens is 226 g/mol. The van der Waals surface area contributed by atoms with Crippen LogP contribution in [-0.2, 0) is 4.74 Å². The van der Waals surface area contributed by atoms with Gasteiger partial charge in [-0.15, -0.1) is 0 Å². The predicted molar refractivity (Wildman–Crippen MR) is 77.2 cm³/mol. The molecule has 0 bridgehead atoms. The summed E-state index contributed by atoms with van der Waals surface area (Å²) in [7, 11) is 4.43. The number of likely N-dealkylation sites (N-methyl/N-ethyl adjacent to an activating group) is 1. The Balaban J connectivity index is 1.93. The third kappa shape index (κ3) is 7.31. The number of rotatable bonds is 9. The largest absolute Gasteiger partial charge is 0.382 e. The van der Waals surface area contributed by atoms with Crippen molar-refractivity contribution in [3.8, 4) is 0 Å². The van der Waals surface area contributed by atoms with E-state index >= 15 is 0 Å². The predicted octanol–water partition coefficient (Wildman–Crippen LogP) is 0.982. The molecule has 1 aliphatic rings. The molecule has 4 nitrogen and oxygen atoms in total. The normalized spacial score (nSPS) is 18.7. The second-order valence-corrected chi connectivity index (χ2v) is 5.35. The first-order valence-electron chi connectivity index (χ1n) is 7.39. The zero-order valence-corrected chi connectivity index (χ0v) is 12.5. The summed E-state index contributed by atoms with van der Waals surface area (Å²) in [4.78, 5) is 7.43. The van der Waals surface area contributed by atoms with E-state index in [0.29, 0.717) is 0 Å². The summed E-state index contributed by atoms with van der Waals surface area (Å²) in [6.07, 6.45) is 2.44. The fourth-order valence-electron chi connectivity index (χ4n) is 2.33. The Morgan fingerprint density at radius 1 is 1.06 bits per heavy atom. The Morgan fingerprint density at radius 3 is 2.39 bits per heavy atom. The second-order valence-electron chi connectivity index (χ2n) is 5.35. The Morgan fingerprint density at radius 2 is 1.72 bits per heavy atom. The molecule has 18 heavy (non-hydrogen) atoms. The molecule has 1 saturated heterocycles. The van der Waals surface area contributed by atoms with Gasteiger partial charge in [0.2, 0.25) is 0 Å². The fraction of sp³-hybridized carbons (Fsp3) is 1.00. The van der Waals surface area contributed by atoms with Crippen molar-refractivity contribution in [3.05, 3.63) is 0 Å². The van der Waals surface area contributed by atoms with Crippen molar-refractivity contribution in [2.24, 2.45) is 0 Å². The van der Waals surface area contributed by atoms with Crippen molar-refractivity contribution in [2.45, 2.75) is 19.8 Å². The maximum Gasteiger partial charge on any atom is 0.0478 e. The lowest BCUT2D eigenvalue weighted by molar-refractivity contribution is 0.131. The van der Waals surface area contributed by atoms with Gasteiger partial charge in [0.15, 0.2) is 0 Å². The van der Waals surface area contributed by atoms with Gasteiger partial charge in [0.1, 0.15) is 0 Å². The van der Waals surface area contributed by atoms with Crippen LogP contribution >= 0.6 is 0 Å². The van der Waals surface area contributed by atoms with Gasteiger partial charge >= 0.3 is 0 Å². The van der Waals surface area contributed by atoms with Crippen molar-refractivity contribution in [1.82, 2.24) is 14.7 Å². The Bertz CT molecular complexity index is 193. The lowest BCUT2D eigenvalue weighted by Gasteiger charge is -2.32. The topological polar surface area (TPSA) is 19.0 Å². The summed E-state index contributed by atoms with van der Waals surface area (Å²) in [6.45, 7) is 12.3. The Labute approximate surface area is 113 Å². The quantitative estimate of drug-likeness (QED) is 0.573. The maximum atomic E-state index is 5.35. The highest BCUT2D eigenvalue weighted by Gasteiger charge is 2.12. The van der Waals surface area contributed by atoms with Gasteiger partial charge in [-0.05, 0) is 47.0 Å². The van der Waals surface area contributed by atoms with Crippen LogP contribution in [0.4, 0.5) is 0 Å². The molecule has 0 aliphatic carbocycles. The van der Waals surface area contributed by atoms with Crippen molar-refractivity contribution < 1.29 is 4.74 Å². The Kier molecular flexibility index (Phi) is 8.59. The van der Waals surface area contributed by atoms with Crippen LogP contribution in [0.15, 0.2) is 0 Å². The lowest BCUT2D eigenvalue weighted by atomic mass is 10.3. The third-order valence-corrected chi connectivity index (χ3v) is 3.64. The van der Waals surface area contributed by atoms with E-state index in [4.69, 9.17) is 4.74 Å². The van der Waals surface area contributed by atoms with E-state index in [1.165, 1.54) is 45.7 Å². The minimum atomic E-state index is 0.840. The molecule has 0 aromatic rings. The van der Waals surface area contributed by atoms with E-state index in [2.05, 4.69) is 35.7 Å². The van der Waals surface area contributed by atoms with Crippen LogP contribution in [0.5, 0.6) is 0 Å². The van der Waals surface area contributed by atoms with Gasteiger partial charge in [0, 0.05) is 45.9 Å². The van der Waals surface area contributed by atoms with Crippen LogP contribution in [0.25, 0.3) is 0 Å². The first-order valence-corrected chi connectivity index (χ1v) is 7.39. The number of hydrogen-bond acceptors (Lipinski definition) is 4. The minimum Gasteiger partial charge on any atom is -0.382 e. The zero-order valence-electron chi connectivity index (χ0n) is 12.5. The van der Waals surface area contributed by atoms with Gasteiger partial charge in [0.05, 0.1) is 0 Å².